The van der Waals surface area contributed by atoms with Crippen molar-refractivity contribution in [1.82, 2.24) is 0 Å². The number of carbonyl (C=O) groups is 2. The molecule has 1 fully saturated rings. The van der Waals surface area contributed by atoms with Crippen LogP contribution in [0.25, 0.3) is 11.1 Å². The van der Waals surface area contributed by atoms with Crippen molar-refractivity contribution in [2.45, 2.75) is 91.1 Å². The van der Waals surface area contributed by atoms with Gasteiger partial charge in [-0.1, -0.05) is 64.2 Å². The second-order valence-corrected chi connectivity index (χ2v) is 9.78. The quantitative estimate of drug-likeness (QED) is 0.188. The number of halogens is 2. The molecule has 1 unspecified atom stereocenters. The van der Waals surface area contributed by atoms with E-state index < -0.39 is 23.2 Å². The van der Waals surface area contributed by atoms with Gasteiger partial charge >= 0.3 is 11.9 Å². The number of hydrogen-bond donors (Lipinski definition) is 0. The van der Waals surface area contributed by atoms with Gasteiger partial charge in [0.2, 0.25) is 5.60 Å². The lowest BCUT2D eigenvalue weighted by atomic mass is 9.92. The van der Waals surface area contributed by atoms with E-state index >= 15 is 0 Å². The highest BCUT2D eigenvalue weighted by molar-refractivity contribution is 5.89. The van der Waals surface area contributed by atoms with Crippen LogP contribution >= 0.6 is 0 Å². The highest BCUT2D eigenvalue weighted by atomic mass is 19.2. The summed E-state index contributed by atoms with van der Waals surface area (Å²) in [5, 5.41) is 0. The molecule has 6 heteroatoms. The minimum absolute atomic E-state index is 0.163. The molecule has 4 nitrogen and oxygen atoms in total. The number of carbonyl (C=O) groups excluding carboxylic acids is 2. The molecule has 190 valence electrons. The Bertz CT molecular complexity index is 1060. The van der Waals surface area contributed by atoms with Crippen molar-refractivity contribution in [2.75, 3.05) is 0 Å². The molecule has 2 aromatic carbocycles. The van der Waals surface area contributed by atoms with Gasteiger partial charge < -0.3 is 9.47 Å². The zero-order chi connectivity index (χ0) is 25.6. The van der Waals surface area contributed by atoms with E-state index in [1.54, 1.807) is 44.2 Å². The van der Waals surface area contributed by atoms with Crippen molar-refractivity contribution >= 4 is 11.9 Å². The summed E-state index contributed by atoms with van der Waals surface area (Å²) in [6.07, 6.45) is 7.34. The average molecular weight is 487 g/mol. The molecule has 0 spiro atoms. The molecule has 2 atom stereocenters. The third-order valence-corrected chi connectivity index (χ3v) is 6.78. The Morgan fingerprint density at radius 1 is 1.06 bits per heavy atom. The molecule has 0 bridgehead atoms. The summed E-state index contributed by atoms with van der Waals surface area (Å²) in [6, 6.07) is 8.07. The molecule has 3 rings (SSSR count). The molecule has 1 aliphatic heterocycles. The van der Waals surface area contributed by atoms with E-state index in [-0.39, 0.29) is 23.9 Å². The highest BCUT2D eigenvalue weighted by Gasteiger charge is 2.49. The van der Waals surface area contributed by atoms with E-state index in [9.17, 15) is 18.4 Å². The number of ether oxygens (including phenoxy) is 2. The van der Waals surface area contributed by atoms with Crippen LogP contribution in [-0.4, -0.2) is 17.5 Å². The van der Waals surface area contributed by atoms with Crippen molar-refractivity contribution in [3.8, 4) is 16.9 Å². The molecule has 1 saturated heterocycles. The first-order valence-corrected chi connectivity index (χ1v) is 12.7. The standard InChI is InChI=1S/C29H36F2O4/c1-5-7-9-10-12-20-13-15-23(26(31)25(20)30)21-14-16-24(19(3)17-21)34-28(33)29(4)18-22(11-8-6-2)27(32)35-29/h13-17,22H,5-12,18H2,1-4H3/t22?,29-/m0/s1. The fourth-order valence-electron chi connectivity index (χ4n) is 4.58. The SMILES string of the molecule is CCCCCCc1ccc(-c2ccc(OC(=O)[C@]3(C)CC(CCCC)C(=O)O3)c(C)c2)c(F)c1F. The number of rotatable bonds is 11. The fraction of sp³-hybridized carbons (Fsp3) is 0.517. The van der Waals surface area contributed by atoms with Crippen molar-refractivity contribution in [3.63, 3.8) is 0 Å². The number of unbranched alkanes of at least 4 members (excludes halogenated alkanes) is 4. The summed E-state index contributed by atoms with van der Waals surface area (Å²) in [5.74, 6) is -2.68. The van der Waals surface area contributed by atoms with E-state index in [0.29, 0.717) is 35.3 Å². The summed E-state index contributed by atoms with van der Waals surface area (Å²) in [7, 11) is 0. The van der Waals surface area contributed by atoms with Gasteiger partial charge in [-0.05, 0) is 61.9 Å². The molecular formula is C29H36F2O4. The second-order valence-electron chi connectivity index (χ2n) is 9.78. The molecule has 0 aliphatic carbocycles. The third-order valence-electron chi connectivity index (χ3n) is 6.78. The van der Waals surface area contributed by atoms with Crippen LogP contribution in [0, 0.1) is 24.5 Å². The monoisotopic (exact) mass is 486 g/mol. The van der Waals surface area contributed by atoms with Crippen LogP contribution in [0.15, 0.2) is 30.3 Å². The van der Waals surface area contributed by atoms with Gasteiger partial charge in [0.25, 0.3) is 0 Å². The second kappa shape index (κ2) is 11.8. The summed E-state index contributed by atoms with van der Waals surface area (Å²) < 4.78 is 40.5. The largest absolute Gasteiger partial charge is 0.447 e. The first-order valence-electron chi connectivity index (χ1n) is 12.7. The summed E-state index contributed by atoms with van der Waals surface area (Å²) in [5.41, 5.74) is 0.310. The van der Waals surface area contributed by atoms with Gasteiger partial charge in [0.1, 0.15) is 5.75 Å². The molecule has 0 radical (unpaired) electrons. The first-order chi connectivity index (χ1) is 16.7. The lowest BCUT2D eigenvalue weighted by Crippen LogP contribution is -2.38. The van der Waals surface area contributed by atoms with E-state index in [1.807, 2.05) is 6.92 Å². The lowest BCUT2D eigenvalue weighted by molar-refractivity contribution is -0.166. The molecule has 1 aliphatic rings. The number of esters is 2. The van der Waals surface area contributed by atoms with Crippen LogP contribution in [-0.2, 0) is 20.7 Å². The van der Waals surface area contributed by atoms with Gasteiger partial charge in [-0.15, -0.1) is 0 Å². The molecule has 0 saturated carbocycles. The third kappa shape index (κ3) is 6.28. The lowest BCUT2D eigenvalue weighted by Gasteiger charge is -2.21. The fourth-order valence-corrected chi connectivity index (χ4v) is 4.58. The Morgan fingerprint density at radius 3 is 2.49 bits per heavy atom. The number of benzene rings is 2. The van der Waals surface area contributed by atoms with E-state index in [0.717, 1.165) is 38.5 Å². The summed E-state index contributed by atoms with van der Waals surface area (Å²) in [6.45, 7) is 7.46. The zero-order valence-electron chi connectivity index (χ0n) is 21.2. The van der Waals surface area contributed by atoms with Crippen LogP contribution in [0.1, 0.15) is 83.3 Å². The highest BCUT2D eigenvalue weighted by Crippen LogP contribution is 2.36. The molecule has 1 heterocycles. The molecule has 2 aromatic rings. The number of cyclic esters (lactones) is 1. The van der Waals surface area contributed by atoms with Crippen LogP contribution in [0.5, 0.6) is 5.75 Å². The van der Waals surface area contributed by atoms with Gasteiger partial charge in [0.15, 0.2) is 11.6 Å². The van der Waals surface area contributed by atoms with Gasteiger partial charge in [0, 0.05) is 12.0 Å². The maximum Gasteiger partial charge on any atom is 0.355 e. The minimum Gasteiger partial charge on any atom is -0.447 e. The van der Waals surface area contributed by atoms with Crippen LogP contribution < -0.4 is 4.74 Å². The van der Waals surface area contributed by atoms with Crippen LogP contribution in [0.2, 0.25) is 0 Å². The minimum atomic E-state index is -1.33. The number of aryl methyl sites for hydroxylation is 2. The summed E-state index contributed by atoms with van der Waals surface area (Å²) in [4.78, 5) is 25.1. The first kappa shape index (κ1) is 26.8. The Balaban J connectivity index is 1.72. The van der Waals surface area contributed by atoms with Crippen molar-refractivity contribution in [2.24, 2.45) is 5.92 Å². The smallest absolute Gasteiger partial charge is 0.355 e. The van der Waals surface area contributed by atoms with E-state index in [2.05, 4.69) is 6.92 Å². The molecular weight excluding hydrogens is 450 g/mol. The van der Waals surface area contributed by atoms with Crippen molar-refractivity contribution < 1.29 is 27.8 Å². The maximum atomic E-state index is 14.9. The van der Waals surface area contributed by atoms with Gasteiger partial charge in [-0.2, -0.15) is 0 Å². The normalized spacial score (nSPS) is 19.6. The predicted molar refractivity (Wildman–Crippen MR) is 132 cm³/mol. The van der Waals surface area contributed by atoms with Crippen LogP contribution in [0.4, 0.5) is 8.78 Å². The Labute approximate surface area is 207 Å². The maximum absolute atomic E-state index is 14.9. The Kier molecular flexibility index (Phi) is 9.03. The number of hydrogen-bond acceptors (Lipinski definition) is 4. The van der Waals surface area contributed by atoms with E-state index in [1.165, 1.54) is 0 Å². The van der Waals surface area contributed by atoms with Gasteiger partial charge in [-0.25, -0.2) is 13.6 Å². The summed E-state index contributed by atoms with van der Waals surface area (Å²) >= 11 is 0. The Morgan fingerprint density at radius 2 is 1.80 bits per heavy atom. The molecule has 35 heavy (non-hydrogen) atoms. The van der Waals surface area contributed by atoms with Gasteiger partial charge in [0.05, 0.1) is 5.92 Å². The molecule has 0 amide bonds. The Hall–Kier alpha value is -2.76. The van der Waals surface area contributed by atoms with E-state index in [4.69, 9.17) is 9.47 Å². The zero-order valence-corrected chi connectivity index (χ0v) is 21.2. The van der Waals surface area contributed by atoms with Crippen LogP contribution in [0.3, 0.4) is 0 Å². The molecule has 0 N–H and O–H groups in total. The average Bonchev–Trinajstić information content (AvgIpc) is 3.13. The van der Waals surface area contributed by atoms with Crippen molar-refractivity contribution in [1.29, 1.82) is 0 Å². The predicted octanol–water partition coefficient (Wildman–Crippen LogP) is 7.48. The van der Waals surface area contributed by atoms with Crippen molar-refractivity contribution in [3.05, 3.63) is 53.1 Å². The molecule has 0 aromatic heterocycles. The topological polar surface area (TPSA) is 52.6 Å². The van der Waals surface area contributed by atoms with Gasteiger partial charge in [-0.3, -0.25) is 4.79 Å².